The van der Waals surface area contributed by atoms with E-state index in [0.717, 1.165) is 18.8 Å². The van der Waals surface area contributed by atoms with Crippen LogP contribution in [0.4, 0.5) is 0 Å². The van der Waals surface area contributed by atoms with Crippen LogP contribution in [0.2, 0.25) is 0 Å². The molecule has 1 heterocycles. The fourth-order valence-electron chi connectivity index (χ4n) is 0.854. The molecular formula is C9H13NO2. The van der Waals surface area contributed by atoms with Crippen LogP contribution < -0.4 is 0 Å². The normalized spacial score (nSPS) is 16.1. The molecule has 0 unspecified atom stereocenters. The van der Waals surface area contributed by atoms with E-state index in [1.54, 1.807) is 13.0 Å². The molecule has 0 saturated carbocycles. The Balaban J connectivity index is 2.36. The minimum absolute atomic E-state index is 0.387. The number of allylic oxidation sites excluding steroid dienone is 1. The predicted octanol–water partition coefficient (Wildman–Crippen LogP) is 1.24. The Morgan fingerprint density at radius 1 is 1.67 bits per heavy atom. The lowest BCUT2D eigenvalue weighted by Crippen LogP contribution is -1.98. The van der Waals surface area contributed by atoms with Gasteiger partial charge in [-0.15, -0.1) is 0 Å². The summed E-state index contributed by atoms with van der Waals surface area (Å²) < 4.78 is 0. The molecule has 0 spiro atoms. The second-order valence-corrected chi connectivity index (χ2v) is 2.95. The topological polar surface area (TPSA) is 40.3 Å². The molecule has 1 N–H and O–H groups in total. The van der Waals surface area contributed by atoms with Gasteiger partial charge in [-0.1, -0.05) is 12.7 Å². The van der Waals surface area contributed by atoms with Crippen molar-refractivity contribution in [2.24, 2.45) is 0 Å². The molecule has 0 aromatic carbocycles. The molecular weight excluding hydrogens is 154 g/mol. The molecule has 0 amide bonds. The highest BCUT2D eigenvalue weighted by Crippen LogP contribution is 2.16. The van der Waals surface area contributed by atoms with E-state index in [0.29, 0.717) is 12.0 Å². The Kier molecular flexibility index (Phi) is 2.53. The van der Waals surface area contributed by atoms with Crippen molar-refractivity contribution < 1.29 is 9.90 Å². The van der Waals surface area contributed by atoms with Gasteiger partial charge < -0.3 is 10.0 Å². The predicted molar refractivity (Wildman–Crippen MR) is 46.7 cm³/mol. The van der Waals surface area contributed by atoms with Gasteiger partial charge in [-0.2, -0.15) is 0 Å². The van der Waals surface area contributed by atoms with Crippen LogP contribution in [0.1, 0.15) is 13.3 Å². The Labute approximate surface area is 72.0 Å². The van der Waals surface area contributed by atoms with Crippen molar-refractivity contribution in [3.63, 3.8) is 0 Å². The minimum atomic E-state index is -0.853. The van der Waals surface area contributed by atoms with Crippen LogP contribution in [-0.4, -0.2) is 29.1 Å². The average molecular weight is 167 g/mol. The van der Waals surface area contributed by atoms with Crippen LogP contribution in [0.3, 0.4) is 0 Å². The fourth-order valence-corrected chi connectivity index (χ4v) is 0.854. The summed E-state index contributed by atoms with van der Waals surface area (Å²) in [6, 6.07) is 0. The van der Waals surface area contributed by atoms with E-state index >= 15 is 0 Å². The molecule has 1 fully saturated rings. The highest BCUT2D eigenvalue weighted by molar-refractivity contribution is 5.85. The average Bonchev–Trinajstić information content (AvgIpc) is 2.81. The molecule has 0 atom stereocenters. The van der Waals surface area contributed by atoms with E-state index in [4.69, 9.17) is 5.11 Å². The molecule has 66 valence electrons. The number of rotatable bonds is 4. The quantitative estimate of drug-likeness (QED) is 0.506. The molecule has 0 aromatic heterocycles. The van der Waals surface area contributed by atoms with E-state index in [2.05, 4.69) is 11.5 Å². The van der Waals surface area contributed by atoms with Crippen molar-refractivity contribution in [3.05, 3.63) is 23.9 Å². The minimum Gasteiger partial charge on any atom is -0.478 e. The highest BCUT2D eigenvalue weighted by atomic mass is 16.4. The summed E-state index contributed by atoms with van der Waals surface area (Å²) in [4.78, 5) is 12.5. The largest absolute Gasteiger partial charge is 0.478 e. The van der Waals surface area contributed by atoms with Gasteiger partial charge in [0.25, 0.3) is 0 Å². The summed E-state index contributed by atoms with van der Waals surface area (Å²) >= 11 is 0. The third-order valence-corrected chi connectivity index (χ3v) is 1.88. The van der Waals surface area contributed by atoms with Gasteiger partial charge in [-0.3, -0.25) is 0 Å². The second-order valence-electron chi connectivity index (χ2n) is 2.95. The van der Waals surface area contributed by atoms with Gasteiger partial charge in [-0.05, 0) is 6.92 Å². The molecule has 12 heavy (non-hydrogen) atoms. The van der Waals surface area contributed by atoms with Crippen LogP contribution in [0.5, 0.6) is 0 Å². The molecule has 1 aliphatic rings. The first-order valence-corrected chi connectivity index (χ1v) is 3.94. The van der Waals surface area contributed by atoms with Crippen molar-refractivity contribution in [1.82, 2.24) is 4.90 Å². The van der Waals surface area contributed by atoms with Gasteiger partial charge in [0.05, 0.1) is 0 Å². The summed E-state index contributed by atoms with van der Waals surface area (Å²) in [7, 11) is 0. The first kappa shape index (κ1) is 8.84. The molecule has 0 bridgehead atoms. The number of aliphatic carboxylic acids is 1. The molecule has 0 aliphatic carbocycles. The molecule has 1 saturated heterocycles. The Hall–Kier alpha value is -1.25. The first-order chi connectivity index (χ1) is 5.61. The second kappa shape index (κ2) is 3.43. The van der Waals surface area contributed by atoms with Gasteiger partial charge >= 0.3 is 5.97 Å². The Morgan fingerprint density at radius 3 is 2.67 bits per heavy atom. The van der Waals surface area contributed by atoms with Crippen LogP contribution in [0.25, 0.3) is 0 Å². The highest BCUT2D eigenvalue weighted by Gasteiger charge is 2.17. The maximum atomic E-state index is 10.4. The maximum absolute atomic E-state index is 10.4. The zero-order chi connectivity index (χ0) is 9.14. The third-order valence-electron chi connectivity index (χ3n) is 1.88. The number of hydrogen-bond donors (Lipinski definition) is 1. The van der Waals surface area contributed by atoms with Gasteiger partial charge in [0.1, 0.15) is 0 Å². The summed E-state index contributed by atoms with van der Waals surface area (Å²) in [6.07, 6.45) is 2.35. The maximum Gasteiger partial charge on any atom is 0.330 e. The summed E-state index contributed by atoms with van der Waals surface area (Å²) in [5.41, 5.74) is 1.40. The van der Waals surface area contributed by atoms with Crippen LogP contribution in [0.15, 0.2) is 23.9 Å². The van der Waals surface area contributed by atoms with E-state index in [9.17, 15) is 4.79 Å². The lowest BCUT2D eigenvalue weighted by atomic mass is 10.2. The lowest BCUT2D eigenvalue weighted by molar-refractivity contribution is -0.132. The Morgan fingerprint density at radius 2 is 2.25 bits per heavy atom. The van der Waals surface area contributed by atoms with Crippen LogP contribution >= 0.6 is 0 Å². The zero-order valence-electron chi connectivity index (χ0n) is 7.21. The molecule has 1 aliphatic heterocycles. The van der Waals surface area contributed by atoms with Crippen molar-refractivity contribution in [3.8, 4) is 0 Å². The van der Waals surface area contributed by atoms with Gasteiger partial charge in [0.15, 0.2) is 0 Å². The van der Waals surface area contributed by atoms with Crippen molar-refractivity contribution in [2.45, 2.75) is 13.3 Å². The number of carbonyl (C=O) groups is 1. The molecule has 0 radical (unpaired) electrons. The monoisotopic (exact) mass is 167 g/mol. The fraction of sp³-hybridized carbons (Fsp3) is 0.444. The van der Waals surface area contributed by atoms with Gasteiger partial charge in [0.2, 0.25) is 0 Å². The SMILES string of the molecule is C=C(CC=C(C)C(=O)O)N1CC1. The lowest BCUT2D eigenvalue weighted by Gasteiger charge is -2.02. The van der Waals surface area contributed by atoms with Crippen LogP contribution in [0, 0.1) is 0 Å². The van der Waals surface area contributed by atoms with E-state index in [1.807, 2.05) is 0 Å². The van der Waals surface area contributed by atoms with E-state index in [1.165, 1.54) is 0 Å². The summed E-state index contributed by atoms with van der Waals surface area (Å²) in [5.74, 6) is -0.853. The third kappa shape index (κ3) is 2.42. The van der Waals surface area contributed by atoms with Crippen molar-refractivity contribution in [2.75, 3.05) is 13.1 Å². The molecule has 0 aromatic rings. The van der Waals surface area contributed by atoms with Crippen LogP contribution in [-0.2, 0) is 4.79 Å². The van der Waals surface area contributed by atoms with E-state index in [-0.39, 0.29) is 0 Å². The van der Waals surface area contributed by atoms with E-state index < -0.39 is 5.97 Å². The summed E-state index contributed by atoms with van der Waals surface area (Å²) in [6.45, 7) is 7.57. The number of carboxylic acids is 1. The van der Waals surface area contributed by atoms with Gasteiger partial charge in [-0.25, -0.2) is 4.79 Å². The molecule has 3 nitrogen and oxygen atoms in total. The smallest absolute Gasteiger partial charge is 0.330 e. The number of carboxylic acid groups (broad SMARTS) is 1. The number of nitrogens with zero attached hydrogens (tertiary/aromatic N) is 1. The van der Waals surface area contributed by atoms with Crippen molar-refractivity contribution in [1.29, 1.82) is 0 Å². The van der Waals surface area contributed by atoms with Crippen molar-refractivity contribution >= 4 is 5.97 Å². The molecule has 3 heteroatoms. The zero-order valence-corrected chi connectivity index (χ0v) is 7.21. The number of hydrogen-bond acceptors (Lipinski definition) is 2. The molecule has 1 rings (SSSR count). The summed E-state index contributed by atoms with van der Waals surface area (Å²) in [5, 5.41) is 8.54. The Bertz CT molecular complexity index is 239. The van der Waals surface area contributed by atoms with Gasteiger partial charge in [0, 0.05) is 30.8 Å². The standard InChI is InChI=1S/C9H13NO2/c1-7(9(11)12)3-4-8(2)10-5-6-10/h3H,2,4-6H2,1H3,(H,11,12). The first-order valence-electron chi connectivity index (χ1n) is 3.94.